The van der Waals surface area contributed by atoms with E-state index >= 15 is 0 Å². The first-order valence-corrected chi connectivity index (χ1v) is 8.04. The van der Waals surface area contributed by atoms with E-state index in [0.717, 1.165) is 18.4 Å². The molecule has 0 radical (unpaired) electrons. The Bertz CT molecular complexity index is 810. The predicted octanol–water partition coefficient (Wildman–Crippen LogP) is 2.66. The highest BCUT2D eigenvalue weighted by molar-refractivity contribution is 6.04. The largest absolute Gasteiger partial charge is 0.478 e. The van der Waals surface area contributed by atoms with E-state index in [1.54, 1.807) is 36.4 Å². The van der Waals surface area contributed by atoms with Gasteiger partial charge in [-0.25, -0.2) is 4.79 Å². The van der Waals surface area contributed by atoms with E-state index in [0.29, 0.717) is 17.8 Å². The van der Waals surface area contributed by atoms with Crippen LogP contribution >= 0.6 is 0 Å². The average Bonchev–Trinajstić information content (AvgIpc) is 3.45. The minimum Gasteiger partial charge on any atom is -0.478 e. The molecule has 2 amide bonds. The van der Waals surface area contributed by atoms with Crippen LogP contribution in [-0.4, -0.2) is 22.9 Å². The SMILES string of the molecule is O=C(O)c1cccc(NC(=O)c2ccc(CNC(=O)C3CC3)cc2)c1. The third kappa shape index (κ3) is 4.44. The second-order valence-electron chi connectivity index (χ2n) is 6.03. The Labute approximate surface area is 144 Å². The minimum absolute atomic E-state index is 0.0835. The summed E-state index contributed by atoms with van der Waals surface area (Å²) in [6.07, 6.45) is 1.93. The highest BCUT2D eigenvalue weighted by Crippen LogP contribution is 2.28. The van der Waals surface area contributed by atoms with E-state index in [1.807, 2.05) is 0 Å². The lowest BCUT2D eigenvalue weighted by atomic mass is 10.1. The number of anilines is 1. The minimum atomic E-state index is -1.05. The number of aromatic carboxylic acids is 1. The fraction of sp³-hybridized carbons (Fsp3) is 0.211. The van der Waals surface area contributed by atoms with Crippen molar-refractivity contribution < 1.29 is 19.5 Å². The topological polar surface area (TPSA) is 95.5 Å². The van der Waals surface area contributed by atoms with Crippen LogP contribution in [0.3, 0.4) is 0 Å². The van der Waals surface area contributed by atoms with Crippen LogP contribution in [0.25, 0.3) is 0 Å². The van der Waals surface area contributed by atoms with Gasteiger partial charge in [-0.15, -0.1) is 0 Å². The monoisotopic (exact) mass is 338 g/mol. The zero-order chi connectivity index (χ0) is 17.8. The summed E-state index contributed by atoms with van der Waals surface area (Å²) >= 11 is 0. The fourth-order valence-corrected chi connectivity index (χ4v) is 2.39. The Morgan fingerprint density at radius 2 is 1.72 bits per heavy atom. The molecule has 0 aliphatic heterocycles. The van der Waals surface area contributed by atoms with Gasteiger partial charge in [-0.1, -0.05) is 18.2 Å². The number of amides is 2. The third-order valence-corrected chi connectivity index (χ3v) is 4.00. The molecule has 0 heterocycles. The van der Waals surface area contributed by atoms with Crippen molar-refractivity contribution in [3.8, 4) is 0 Å². The summed E-state index contributed by atoms with van der Waals surface area (Å²) in [5.74, 6) is -1.11. The van der Waals surface area contributed by atoms with Crippen LogP contribution < -0.4 is 10.6 Å². The molecule has 6 heteroatoms. The van der Waals surface area contributed by atoms with Gasteiger partial charge < -0.3 is 15.7 Å². The van der Waals surface area contributed by atoms with Crippen molar-refractivity contribution in [1.29, 1.82) is 0 Å². The molecule has 0 atom stereocenters. The van der Waals surface area contributed by atoms with E-state index in [-0.39, 0.29) is 23.3 Å². The number of hydrogen-bond donors (Lipinski definition) is 3. The number of nitrogens with one attached hydrogen (secondary N) is 2. The lowest BCUT2D eigenvalue weighted by molar-refractivity contribution is -0.122. The lowest BCUT2D eigenvalue weighted by Crippen LogP contribution is -2.24. The van der Waals surface area contributed by atoms with Crippen molar-refractivity contribution in [1.82, 2.24) is 5.32 Å². The zero-order valence-electron chi connectivity index (χ0n) is 13.5. The van der Waals surface area contributed by atoms with Crippen molar-refractivity contribution >= 4 is 23.5 Å². The molecule has 0 saturated heterocycles. The van der Waals surface area contributed by atoms with Crippen LogP contribution in [0.5, 0.6) is 0 Å². The Hall–Kier alpha value is -3.15. The molecule has 3 rings (SSSR count). The molecule has 2 aromatic carbocycles. The average molecular weight is 338 g/mol. The molecule has 0 unspecified atom stereocenters. The molecule has 0 spiro atoms. The van der Waals surface area contributed by atoms with Crippen LogP contribution in [0.15, 0.2) is 48.5 Å². The van der Waals surface area contributed by atoms with E-state index in [2.05, 4.69) is 10.6 Å². The standard InChI is InChI=1S/C19H18N2O4/c22-17(13-8-9-13)20-11-12-4-6-14(7-5-12)18(23)21-16-3-1-2-15(10-16)19(24)25/h1-7,10,13H,8-9,11H2,(H,20,22)(H,21,23)(H,24,25). The molecule has 1 saturated carbocycles. The molecule has 1 aliphatic carbocycles. The maximum atomic E-state index is 12.2. The summed E-state index contributed by atoms with van der Waals surface area (Å²) in [6.45, 7) is 0.442. The lowest BCUT2D eigenvalue weighted by Gasteiger charge is -2.08. The first kappa shape index (κ1) is 16.7. The van der Waals surface area contributed by atoms with Crippen molar-refractivity contribution in [2.24, 2.45) is 5.92 Å². The Balaban J connectivity index is 1.59. The van der Waals surface area contributed by atoms with E-state index in [9.17, 15) is 14.4 Å². The highest BCUT2D eigenvalue weighted by Gasteiger charge is 2.29. The maximum absolute atomic E-state index is 12.2. The van der Waals surface area contributed by atoms with Crippen LogP contribution in [0, 0.1) is 5.92 Å². The smallest absolute Gasteiger partial charge is 0.335 e. The molecule has 128 valence electrons. The molecular weight excluding hydrogens is 320 g/mol. The second kappa shape index (κ2) is 7.17. The van der Waals surface area contributed by atoms with Gasteiger partial charge in [0, 0.05) is 23.7 Å². The summed E-state index contributed by atoms with van der Waals surface area (Å²) < 4.78 is 0. The first-order valence-electron chi connectivity index (χ1n) is 8.04. The third-order valence-electron chi connectivity index (χ3n) is 4.00. The zero-order valence-corrected chi connectivity index (χ0v) is 13.5. The van der Waals surface area contributed by atoms with Gasteiger partial charge in [0.15, 0.2) is 0 Å². The van der Waals surface area contributed by atoms with Crippen LogP contribution in [-0.2, 0) is 11.3 Å². The van der Waals surface area contributed by atoms with Gasteiger partial charge in [0.05, 0.1) is 5.56 Å². The van der Waals surface area contributed by atoms with Crippen LogP contribution in [0.2, 0.25) is 0 Å². The molecule has 3 N–H and O–H groups in total. The summed E-state index contributed by atoms with van der Waals surface area (Å²) in [4.78, 5) is 34.8. The highest BCUT2D eigenvalue weighted by atomic mass is 16.4. The summed E-state index contributed by atoms with van der Waals surface area (Å²) in [5, 5.41) is 14.5. The number of carboxylic acids is 1. The second-order valence-corrected chi connectivity index (χ2v) is 6.03. The van der Waals surface area contributed by atoms with E-state index < -0.39 is 5.97 Å². The molecule has 1 aliphatic rings. The van der Waals surface area contributed by atoms with E-state index in [4.69, 9.17) is 5.11 Å². The van der Waals surface area contributed by atoms with Gasteiger partial charge >= 0.3 is 5.97 Å². The van der Waals surface area contributed by atoms with Crippen molar-refractivity contribution in [2.75, 3.05) is 5.32 Å². The fourth-order valence-electron chi connectivity index (χ4n) is 2.39. The van der Waals surface area contributed by atoms with Gasteiger partial charge in [-0.2, -0.15) is 0 Å². The predicted molar refractivity (Wildman–Crippen MR) is 92.4 cm³/mol. The molecule has 1 fully saturated rings. The van der Waals surface area contributed by atoms with Crippen molar-refractivity contribution in [2.45, 2.75) is 19.4 Å². The Kier molecular flexibility index (Phi) is 4.79. The molecular formula is C19H18N2O4. The van der Waals surface area contributed by atoms with Gasteiger partial charge in [-0.3, -0.25) is 9.59 Å². The molecule has 6 nitrogen and oxygen atoms in total. The number of carbonyl (C=O) groups is 3. The van der Waals surface area contributed by atoms with Crippen LogP contribution in [0.1, 0.15) is 39.1 Å². The molecule has 0 aromatic heterocycles. The van der Waals surface area contributed by atoms with Gasteiger partial charge in [-0.05, 0) is 48.7 Å². The quantitative estimate of drug-likeness (QED) is 0.754. The maximum Gasteiger partial charge on any atom is 0.335 e. The van der Waals surface area contributed by atoms with E-state index in [1.165, 1.54) is 12.1 Å². The summed E-state index contributed by atoms with van der Waals surface area (Å²) in [7, 11) is 0. The number of carboxylic acid groups (broad SMARTS) is 1. The first-order chi connectivity index (χ1) is 12.0. The normalized spacial score (nSPS) is 13.1. The number of benzene rings is 2. The van der Waals surface area contributed by atoms with Crippen molar-refractivity contribution in [3.63, 3.8) is 0 Å². The van der Waals surface area contributed by atoms with Crippen LogP contribution in [0.4, 0.5) is 5.69 Å². The molecule has 25 heavy (non-hydrogen) atoms. The summed E-state index contributed by atoms with van der Waals surface area (Å²) in [5.41, 5.74) is 1.90. The number of carbonyl (C=O) groups excluding carboxylic acids is 2. The van der Waals surface area contributed by atoms with Gasteiger partial charge in [0.25, 0.3) is 5.91 Å². The Morgan fingerprint density at radius 3 is 2.36 bits per heavy atom. The number of rotatable bonds is 6. The van der Waals surface area contributed by atoms with Crippen molar-refractivity contribution in [3.05, 3.63) is 65.2 Å². The van der Waals surface area contributed by atoms with Gasteiger partial charge in [0.1, 0.15) is 0 Å². The Morgan fingerprint density at radius 1 is 1.00 bits per heavy atom. The molecule has 0 bridgehead atoms. The van der Waals surface area contributed by atoms with Gasteiger partial charge in [0.2, 0.25) is 5.91 Å². The molecule has 2 aromatic rings. The summed E-state index contributed by atoms with van der Waals surface area (Å²) in [6, 6.07) is 13.0. The number of hydrogen-bond acceptors (Lipinski definition) is 3.